The average molecular weight is 568 g/mol. The number of likely N-dealkylation sites (N-methyl/N-ethyl adjacent to an activating group) is 1. The summed E-state index contributed by atoms with van der Waals surface area (Å²) in [5.41, 5.74) is 11.1. The van der Waals surface area contributed by atoms with Crippen LogP contribution in [0.15, 0.2) is 79.1 Å². The van der Waals surface area contributed by atoms with E-state index in [2.05, 4.69) is 15.6 Å². The molecular formula is C32H33N5O5. The molecule has 10 heteroatoms. The number of carbonyl (C=O) groups is 2. The van der Waals surface area contributed by atoms with Crippen LogP contribution < -0.4 is 35.5 Å². The van der Waals surface area contributed by atoms with Gasteiger partial charge in [0.15, 0.2) is 0 Å². The van der Waals surface area contributed by atoms with Gasteiger partial charge in [-0.25, -0.2) is 4.79 Å². The summed E-state index contributed by atoms with van der Waals surface area (Å²) in [7, 11) is 4.89. The molecule has 5 rings (SSSR count). The number of benzene rings is 3. The highest BCUT2D eigenvalue weighted by Crippen LogP contribution is 2.48. The Hall–Kier alpha value is -5.09. The Bertz CT molecular complexity index is 1640. The number of hydrogen-bond donors (Lipinski definition) is 3. The maximum absolute atomic E-state index is 13.4. The first-order chi connectivity index (χ1) is 20.1. The van der Waals surface area contributed by atoms with Gasteiger partial charge in [0.2, 0.25) is 0 Å². The fraction of sp³-hybridized carbons (Fsp3) is 0.219. The minimum atomic E-state index is -0.803. The third kappa shape index (κ3) is 5.31. The van der Waals surface area contributed by atoms with Crippen LogP contribution in [0.5, 0.6) is 17.2 Å². The molecule has 0 saturated carbocycles. The molecule has 1 atom stereocenters. The maximum atomic E-state index is 13.4. The molecule has 1 unspecified atom stereocenters. The topological polar surface area (TPSA) is 128 Å². The first-order valence-electron chi connectivity index (χ1n) is 13.3. The van der Waals surface area contributed by atoms with Gasteiger partial charge in [0.25, 0.3) is 5.91 Å². The molecule has 2 amide bonds. The molecule has 0 saturated heterocycles. The van der Waals surface area contributed by atoms with Gasteiger partial charge >= 0.3 is 6.09 Å². The van der Waals surface area contributed by atoms with Crippen LogP contribution in [0, 0.1) is 0 Å². The maximum Gasteiger partial charge on any atom is 0.417 e. The molecular weight excluding hydrogens is 534 g/mol. The number of para-hydroxylation sites is 1. The van der Waals surface area contributed by atoms with E-state index in [0.29, 0.717) is 34.0 Å². The Morgan fingerprint density at radius 3 is 2.45 bits per heavy atom. The zero-order valence-corrected chi connectivity index (χ0v) is 24.1. The minimum absolute atomic E-state index is 0.101. The zero-order valence-electron chi connectivity index (χ0n) is 24.1. The Labute approximate surface area is 244 Å². The van der Waals surface area contributed by atoms with Gasteiger partial charge in [0, 0.05) is 36.0 Å². The highest BCUT2D eigenvalue weighted by atomic mass is 16.6. The molecule has 1 aliphatic rings. The summed E-state index contributed by atoms with van der Waals surface area (Å²) >= 11 is 0. The van der Waals surface area contributed by atoms with Gasteiger partial charge in [0.1, 0.15) is 22.8 Å². The summed E-state index contributed by atoms with van der Waals surface area (Å²) in [6.07, 6.45) is 2.46. The number of rotatable bonds is 7. The molecule has 216 valence electrons. The van der Waals surface area contributed by atoms with Crippen LogP contribution >= 0.6 is 0 Å². The smallest absolute Gasteiger partial charge is 0.417 e. The number of nitrogens with zero attached hydrogens (tertiary/aromatic N) is 2. The molecule has 4 aromatic rings. The molecule has 1 aromatic heterocycles. The predicted octanol–water partition coefficient (Wildman–Crippen LogP) is 5.59. The van der Waals surface area contributed by atoms with Crippen molar-refractivity contribution in [1.82, 2.24) is 4.98 Å². The van der Waals surface area contributed by atoms with E-state index in [-0.39, 0.29) is 11.7 Å². The van der Waals surface area contributed by atoms with E-state index in [4.69, 9.17) is 19.9 Å². The minimum Gasteiger partial charge on any atom is -0.496 e. The van der Waals surface area contributed by atoms with E-state index >= 15 is 0 Å². The van der Waals surface area contributed by atoms with Gasteiger partial charge in [0.05, 0.1) is 43.5 Å². The van der Waals surface area contributed by atoms with E-state index in [9.17, 15) is 9.59 Å². The average Bonchev–Trinajstić information content (AvgIpc) is 2.99. The van der Waals surface area contributed by atoms with Gasteiger partial charge in [-0.2, -0.15) is 0 Å². The summed E-state index contributed by atoms with van der Waals surface area (Å²) in [6.45, 7) is 3.68. The van der Waals surface area contributed by atoms with E-state index < -0.39 is 17.7 Å². The van der Waals surface area contributed by atoms with Crippen molar-refractivity contribution in [2.24, 2.45) is 5.73 Å². The van der Waals surface area contributed by atoms with Gasteiger partial charge in [-0.3, -0.25) is 15.1 Å². The van der Waals surface area contributed by atoms with Crippen molar-refractivity contribution >= 4 is 29.1 Å². The largest absolute Gasteiger partial charge is 0.496 e. The fourth-order valence-corrected chi connectivity index (χ4v) is 5.25. The molecule has 10 nitrogen and oxygen atoms in total. The Kier molecular flexibility index (Phi) is 7.73. The summed E-state index contributed by atoms with van der Waals surface area (Å²) in [5, 5.41) is 6.01. The number of ether oxygens (including phenoxy) is 3. The Morgan fingerprint density at radius 1 is 1.00 bits per heavy atom. The van der Waals surface area contributed by atoms with E-state index in [0.717, 1.165) is 16.8 Å². The number of pyridine rings is 1. The summed E-state index contributed by atoms with van der Waals surface area (Å²) < 4.78 is 16.9. The lowest BCUT2D eigenvalue weighted by molar-refractivity contribution is -0.121. The Balaban J connectivity index is 1.62. The lowest BCUT2D eigenvalue weighted by atomic mass is 9.86. The fourth-order valence-electron chi connectivity index (χ4n) is 5.25. The van der Waals surface area contributed by atoms with Crippen LogP contribution in [0.2, 0.25) is 0 Å². The number of hydrogen-bond acceptors (Lipinski definition) is 8. The molecule has 0 bridgehead atoms. The first-order valence-corrected chi connectivity index (χ1v) is 13.3. The molecule has 1 aliphatic heterocycles. The standard InChI is InChI=1S/C32H33N5O5/c1-32(2)30(38)37(3)29-24(36-32)15-14-22(27(29)28(33)23-10-6-7-11-25(23)40-4)21-13-12-20(17-26(21)41-5)42-31(39)35-19-9-8-16-34-18-19/h6-18,28,36H,33H2,1-5H3,(H,35,39). The number of carbonyl (C=O) groups excluding carboxylic acids is 2. The number of fused-ring (bicyclic) bond motifs is 1. The van der Waals surface area contributed by atoms with Crippen LogP contribution in [-0.2, 0) is 4.79 Å². The van der Waals surface area contributed by atoms with Crippen molar-refractivity contribution < 1.29 is 23.8 Å². The molecule has 0 spiro atoms. The normalized spacial score (nSPS) is 14.3. The number of anilines is 3. The number of nitrogens with two attached hydrogens (primary N) is 1. The monoisotopic (exact) mass is 567 g/mol. The number of nitrogens with one attached hydrogen (secondary N) is 2. The number of methoxy groups -OCH3 is 2. The lowest BCUT2D eigenvalue weighted by Crippen LogP contribution is -2.52. The summed E-state index contributed by atoms with van der Waals surface area (Å²) in [4.78, 5) is 31.5. The van der Waals surface area contributed by atoms with Crippen LogP contribution in [-0.4, -0.2) is 43.8 Å². The predicted molar refractivity (Wildman–Crippen MR) is 162 cm³/mol. The van der Waals surface area contributed by atoms with Crippen molar-refractivity contribution in [3.8, 4) is 28.4 Å². The molecule has 0 aliphatic carbocycles. The van der Waals surface area contributed by atoms with Crippen molar-refractivity contribution in [3.05, 3.63) is 90.3 Å². The molecule has 2 heterocycles. The van der Waals surface area contributed by atoms with Crippen LogP contribution in [0.25, 0.3) is 11.1 Å². The number of amides is 2. The van der Waals surface area contributed by atoms with Crippen LogP contribution in [0.1, 0.15) is 31.0 Å². The van der Waals surface area contributed by atoms with Crippen LogP contribution in [0.3, 0.4) is 0 Å². The number of aromatic nitrogens is 1. The van der Waals surface area contributed by atoms with Crippen molar-refractivity contribution in [1.29, 1.82) is 0 Å². The second-order valence-electron chi connectivity index (χ2n) is 10.4. The first kappa shape index (κ1) is 28.4. The van der Waals surface area contributed by atoms with Crippen molar-refractivity contribution in [2.75, 3.05) is 36.8 Å². The van der Waals surface area contributed by atoms with Gasteiger partial charge in [-0.15, -0.1) is 0 Å². The second kappa shape index (κ2) is 11.4. The van der Waals surface area contributed by atoms with Crippen LogP contribution in [0.4, 0.5) is 21.9 Å². The van der Waals surface area contributed by atoms with E-state index in [1.165, 1.54) is 13.3 Å². The molecule has 42 heavy (non-hydrogen) atoms. The highest BCUT2D eigenvalue weighted by Gasteiger charge is 2.40. The third-order valence-electron chi connectivity index (χ3n) is 7.21. The highest BCUT2D eigenvalue weighted by molar-refractivity contribution is 6.09. The van der Waals surface area contributed by atoms with Crippen molar-refractivity contribution in [2.45, 2.75) is 25.4 Å². The summed E-state index contributed by atoms with van der Waals surface area (Å²) in [5.74, 6) is 1.26. The second-order valence-corrected chi connectivity index (χ2v) is 10.4. The molecule has 0 fully saturated rings. The SMILES string of the molecule is COc1cc(OC(=O)Nc2cccnc2)ccc1-c1ccc2c(c1C(N)c1ccccc1OC)N(C)C(=O)C(C)(C)N2. The van der Waals surface area contributed by atoms with Gasteiger partial charge in [-0.1, -0.05) is 24.3 Å². The zero-order chi connectivity index (χ0) is 30.0. The third-order valence-corrected chi connectivity index (χ3v) is 7.21. The van der Waals surface area contributed by atoms with E-state index in [1.807, 2.05) is 50.2 Å². The van der Waals surface area contributed by atoms with Crippen molar-refractivity contribution in [3.63, 3.8) is 0 Å². The van der Waals surface area contributed by atoms with Gasteiger partial charge < -0.3 is 30.2 Å². The molecule has 0 radical (unpaired) electrons. The summed E-state index contributed by atoms with van der Waals surface area (Å²) in [6, 6.07) is 19.3. The molecule has 4 N–H and O–H groups in total. The quantitative estimate of drug-likeness (QED) is 0.264. The van der Waals surface area contributed by atoms with Gasteiger partial charge in [-0.05, 0) is 55.8 Å². The molecule has 3 aromatic carbocycles. The lowest BCUT2D eigenvalue weighted by Gasteiger charge is -2.40. The van der Waals surface area contributed by atoms with E-state index in [1.54, 1.807) is 55.6 Å². The Morgan fingerprint density at radius 2 is 1.74 bits per heavy atom.